The number of nitriles is 1. The van der Waals surface area contributed by atoms with Crippen molar-refractivity contribution in [1.82, 2.24) is 10.3 Å². The van der Waals surface area contributed by atoms with Crippen molar-refractivity contribution in [1.29, 1.82) is 5.26 Å². The van der Waals surface area contributed by atoms with Crippen molar-refractivity contribution in [2.45, 2.75) is 6.42 Å². The maximum atomic E-state index is 12.0. The summed E-state index contributed by atoms with van der Waals surface area (Å²) in [5.74, 6) is -0.134. The van der Waals surface area contributed by atoms with Gasteiger partial charge in [0, 0.05) is 18.5 Å². The zero-order chi connectivity index (χ0) is 15.4. The molecule has 0 spiro atoms. The van der Waals surface area contributed by atoms with Gasteiger partial charge in [0.1, 0.15) is 0 Å². The van der Waals surface area contributed by atoms with Gasteiger partial charge in [-0.1, -0.05) is 12.1 Å². The van der Waals surface area contributed by atoms with Crippen LogP contribution < -0.4 is 5.32 Å². The third-order valence-electron chi connectivity index (χ3n) is 3.24. The van der Waals surface area contributed by atoms with Gasteiger partial charge in [-0.2, -0.15) is 5.26 Å². The minimum Gasteiger partial charge on any atom is -0.352 e. The first-order valence-corrected chi connectivity index (χ1v) is 7.71. The lowest BCUT2D eigenvalue weighted by atomic mass is 10.1. The summed E-state index contributed by atoms with van der Waals surface area (Å²) in [6.45, 7) is 0.540. The highest BCUT2D eigenvalue weighted by Gasteiger charge is 2.06. The minimum atomic E-state index is -0.134. The van der Waals surface area contributed by atoms with Gasteiger partial charge in [0.2, 0.25) is 0 Å². The molecule has 3 aromatic rings. The monoisotopic (exact) mass is 307 g/mol. The van der Waals surface area contributed by atoms with Crippen LogP contribution in [-0.4, -0.2) is 17.4 Å². The summed E-state index contributed by atoms with van der Waals surface area (Å²) >= 11 is 1.65. The van der Waals surface area contributed by atoms with E-state index in [1.54, 1.807) is 35.6 Å². The van der Waals surface area contributed by atoms with Crippen molar-refractivity contribution in [3.63, 3.8) is 0 Å². The number of thiazole rings is 1. The molecule has 0 radical (unpaired) electrons. The molecule has 0 saturated carbocycles. The van der Waals surface area contributed by atoms with E-state index in [2.05, 4.69) is 10.3 Å². The van der Waals surface area contributed by atoms with Crippen LogP contribution in [0, 0.1) is 11.3 Å². The Morgan fingerprint density at radius 2 is 1.95 bits per heavy atom. The van der Waals surface area contributed by atoms with Crippen LogP contribution in [0.5, 0.6) is 0 Å². The van der Waals surface area contributed by atoms with Gasteiger partial charge in [0.15, 0.2) is 0 Å². The molecule has 1 amide bonds. The molecule has 1 aromatic heterocycles. The van der Waals surface area contributed by atoms with Gasteiger partial charge in [-0.25, -0.2) is 4.98 Å². The van der Waals surface area contributed by atoms with Crippen molar-refractivity contribution in [2.24, 2.45) is 0 Å². The van der Waals surface area contributed by atoms with Crippen molar-refractivity contribution in [3.05, 3.63) is 64.7 Å². The van der Waals surface area contributed by atoms with Gasteiger partial charge >= 0.3 is 0 Å². The molecule has 1 N–H and O–H groups in total. The number of hydrogen-bond acceptors (Lipinski definition) is 4. The largest absolute Gasteiger partial charge is 0.352 e. The van der Waals surface area contributed by atoms with Crippen molar-refractivity contribution < 1.29 is 4.79 Å². The van der Waals surface area contributed by atoms with Gasteiger partial charge in [-0.15, -0.1) is 11.3 Å². The molecule has 0 aliphatic rings. The first kappa shape index (κ1) is 14.2. The summed E-state index contributed by atoms with van der Waals surface area (Å²) in [6, 6.07) is 16.6. The van der Waals surface area contributed by atoms with Crippen molar-refractivity contribution >= 4 is 27.5 Å². The number of carbonyl (C=O) groups is 1. The second-order valence-corrected chi connectivity index (χ2v) is 5.89. The van der Waals surface area contributed by atoms with E-state index in [-0.39, 0.29) is 5.91 Å². The van der Waals surface area contributed by atoms with Crippen molar-refractivity contribution in [2.75, 3.05) is 6.54 Å². The fraction of sp³-hybridized carbons (Fsp3) is 0.118. The van der Waals surface area contributed by atoms with Crippen LogP contribution in [0.15, 0.2) is 48.5 Å². The lowest BCUT2D eigenvalue weighted by molar-refractivity contribution is 0.0954. The molecular formula is C17H13N3OS. The van der Waals surface area contributed by atoms with Crippen molar-refractivity contribution in [3.8, 4) is 6.07 Å². The van der Waals surface area contributed by atoms with E-state index in [1.807, 2.05) is 30.3 Å². The number of carbonyl (C=O) groups excluding carboxylic acids is 1. The molecular weight excluding hydrogens is 294 g/mol. The Balaban J connectivity index is 1.57. The molecule has 108 valence electrons. The van der Waals surface area contributed by atoms with E-state index in [0.29, 0.717) is 24.1 Å². The van der Waals surface area contributed by atoms with Gasteiger partial charge < -0.3 is 5.32 Å². The maximum Gasteiger partial charge on any atom is 0.251 e. The summed E-state index contributed by atoms with van der Waals surface area (Å²) in [5.41, 5.74) is 2.11. The lowest BCUT2D eigenvalue weighted by Gasteiger charge is -2.03. The molecule has 0 saturated heterocycles. The van der Waals surface area contributed by atoms with Gasteiger partial charge in [0.25, 0.3) is 5.91 Å². The second-order valence-electron chi connectivity index (χ2n) is 4.77. The van der Waals surface area contributed by atoms with Gasteiger partial charge in [0.05, 0.1) is 26.9 Å². The van der Waals surface area contributed by atoms with Crippen LogP contribution in [-0.2, 0) is 6.42 Å². The smallest absolute Gasteiger partial charge is 0.251 e. The van der Waals surface area contributed by atoms with Gasteiger partial charge in [-0.05, 0) is 36.4 Å². The van der Waals surface area contributed by atoms with Crippen LogP contribution in [0.2, 0.25) is 0 Å². The Bertz CT molecular complexity index is 813. The van der Waals surface area contributed by atoms with E-state index < -0.39 is 0 Å². The van der Waals surface area contributed by atoms with Crippen LogP contribution in [0.25, 0.3) is 10.2 Å². The molecule has 0 bridgehead atoms. The van der Waals surface area contributed by atoms with E-state index in [9.17, 15) is 4.79 Å². The molecule has 1 heterocycles. The van der Waals surface area contributed by atoms with E-state index in [0.717, 1.165) is 15.2 Å². The Kier molecular flexibility index (Phi) is 4.12. The first-order valence-electron chi connectivity index (χ1n) is 6.89. The number of fused-ring (bicyclic) bond motifs is 1. The fourth-order valence-corrected chi connectivity index (χ4v) is 3.07. The first-order chi connectivity index (χ1) is 10.8. The quantitative estimate of drug-likeness (QED) is 0.805. The zero-order valence-electron chi connectivity index (χ0n) is 11.7. The van der Waals surface area contributed by atoms with Crippen LogP contribution in [0.4, 0.5) is 0 Å². The Hall–Kier alpha value is -2.71. The molecule has 0 fully saturated rings. The second kappa shape index (κ2) is 6.37. The summed E-state index contributed by atoms with van der Waals surface area (Å²) in [7, 11) is 0. The van der Waals surface area contributed by atoms with E-state index in [1.165, 1.54) is 0 Å². The third-order valence-corrected chi connectivity index (χ3v) is 4.33. The number of para-hydroxylation sites is 1. The normalized spacial score (nSPS) is 10.3. The molecule has 22 heavy (non-hydrogen) atoms. The van der Waals surface area contributed by atoms with E-state index >= 15 is 0 Å². The predicted molar refractivity (Wildman–Crippen MR) is 86.8 cm³/mol. The van der Waals surface area contributed by atoms with Crippen LogP contribution >= 0.6 is 11.3 Å². The average molecular weight is 307 g/mol. The molecule has 0 unspecified atom stereocenters. The highest BCUT2D eigenvalue weighted by Crippen LogP contribution is 2.21. The number of rotatable bonds is 4. The van der Waals surface area contributed by atoms with Crippen LogP contribution in [0.1, 0.15) is 20.9 Å². The Morgan fingerprint density at radius 3 is 2.68 bits per heavy atom. The summed E-state index contributed by atoms with van der Waals surface area (Å²) in [6.07, 6.45) is 0.710. The zero-order valence-corrected chi connectivity index (χ0v) is 12.6. The Labute approximate surface area is 132 Å². The molecule has 2 aromatic carbocycles. The number of nitrogens with zero attached hydrogens (tertiary/aromatic N) is 2. The van der Waals surface area contributed by atoms with Gasteiger partial charge in [-0.3, -0.25) is 4.79 Å². The SMILES string of the molecule is N#Cc1ccc(C(=O)NCCc2nc3ccccc3s2)cc1. The molecule has 5 heteroatoms. The maximum absolute atomic E-state index is 12.0. The summed E-state index contributed by atoms with van der Waals surface area (Å²) < 4.78 is 1.16. The molecule has 4 nitrogen and oxygen atoms in total. The fourth-order valence-electron chi connectivity index (χ4n) is 2.11. The highest BCUT2D eigenvalue weighted by atomic mass is 32.1. The number of aromatic nitrogens is 1. The molecule has 0 aliphatic heterocycles. The predicted octanol–water partition coefficient (Wildman–Crippen LogP) is 3.14. The number of hydrogen-bond donors (Lipinski definition) is 1. The minimum absolute atomic E-state index is 0.134. The third kappa shape index (κ3) is 3.13. The Morgan fingerprint density at radius 1 is 1.18 bits per heavy atom. The average Bonchev–Trinajstić information content (AvgIpc) is 2.97. The number of benzene rings is 2. The number of amides is 1. The summed E-state index contributed by atoms with van der Waals surface area (Å²) in [5, 5.41) is 12.6. The van der Waals surface area contributed by atoms with E-state index in [4.69, 9.17) is 5.26 Å². The highest BCUT2D eigenvalue weighted by molar-refractivity contribution is 7.18. The van der Waals surface area contributed by atoms with Crippen LogP contribution in [0.3, 0.4) is 0 Å². The molecule has 3 rings (SSSR count). The standard InChI is InChI=1S/C17H13N3OS/c18-11-12-5-7-13(8-6-12)17(21)19-10-9-16-20-14-3-1-2-4-15(14)22-16/h1-8H,9-10H2,(H,19,21). The summed E-state index contributed by atoms with van der Waals surface area (Å²) in [4.78, 5) is 16.5. The topological polar surface area (TPSA) is 65.8 Å². The molecule has 0 atom stereocenters. The lowest BCUT2D eigenvalue weighted by Crippen LogP contribution is -2.25. The number of nitrogens with one attached hydrogen (secondary N) is 1. The molecule has 0 aliphatic carbocycles.